The first-order valence-corrected chi connectivity index (χ1v) is 7.55. The fraction of sp³-hybridized carbons (Fsp3) is 0.643. The van der Waals surface area contributed by atoms with Crippen LogP contribution in [0.2, 0.25) is 0 Å². The van der Waals surface area contributed by atoms with E-state index < -0.39 is 29.9 Å². The normalized spacial score (nSPS) is 24.8. The molecule has 1 aromatic rings. The highest BCUT2D eigenvalue weighted by atomic mass is 32.1. The number of hydrogen-bond donors (Lipinski definition) is 2. The van der Waals surface area contributed by atoms with E-state index in [1.165, 1.54) is 16.2 Å². The zero-order chi connectivity index (χ0) is 14.9. The molecule has 6 heteroatoms. The van der Waals surface area contributed by atoms with Gasteiger partial charge in [0.15, 0.2) is 0 Å². The van der Waals surface area contributed by atoms with Gasteiger partial charge in [0, 0.05) is 4.88 Å². The molecule has 1 fully saturated rings. The first-order valence-electron chi connectivity index (χ1n) is 6.67. The van der Waals surface area contributed by atoms with Gasteiger partial charge in [-0.2, -0.15) is 0 Å². The van der Waals surface area contributed by atoms with Crippen molar-refractivity contribution in [3.8, 4) is 0 Å². The molecule has 2 N–H and O–H groups in total. The summed E-state index contributed by atoms with van der Waals surface area (Å²) in [6, 6.07) is 3.23. The largest absolute Gasteiger partial charge is 0.444 e. The standard InChI is InChI=1S/C14H21NO4S/c1-14(2,3)19-13(18)15-8-9(16)7-10(15)12(17)11-5-4-6-20-11/h4-6,9-10,12,16-17H,7-8H2,1-3H3/t9-,10-,12-/m1/s1. The molecule has 2 heterocycles. The van der Waals surface area contributed by atoms with Crippen molar-refractivity contribution in [3.05, 3.63) is 22.4 Å². The van der Waals surface area contributed by atoms with Crippen LogP contribution in [0.5, 0.6) is 0 Å². The monoisotopic (exact) mass is 299 g/mol. The number of nitrogens with zero attached hydrogens (tertiary/aromatic N) is 1. The second-order valence-corrected chi connectivity index (χ2v) is 7.03. The predicted octanol–water partition coefficient (Wildman–Crippen LogP) is 2.15. The van der Waals surface area contributed by atoms with Crippen LogP contribution in [0, 0.1) is 0 Å². The quantitative estimate of drug-likeness (QED) is 0.878. The van der Waals surface area contributed by atoms with Crippen molar-refractivity contribution in [2.45, 2.75) is 51.0 Å². The van der Waals surface area contributed by atoms with Gasteiger partial charge in [0.25, 0.3) is 0 Å². The summed E-state index contributed by atoms with van der Waals surface area (Å²) in [6.07, 6.45) is -1.55. The van der Waals surface area contributed by atoms with Gasteiger partial charge < -0.3 is 14.9 Å². The van der Waals surface area contributed by atoms with Crippen molar-refractivity contribution in [3.63, 3.8) is 0 Å². The van der Waals surface area contributed by atoms with E-state index in [0.717, 1.165) is 4.88 Å². The lowest BCUT2D eigenvalue weighted by molar-refractivity contribution is 0.00491. The van der Waals surface area contributed by atoms with E-state index in [-0.39, 0.29) is 6.54 Å². The van der Waals surface area contributed by atoms with Gasteiger partial charge in [-0.3, -0.25) is 4.90 Å². The molecule has 0 aromatic carbocycles. The van der Waals surface area contributed by atoms with Gasteiger partial charge in [-0.1, -0.05) is 6.07 Å². The zero-order valence-corrected chi connectivity index (χ0v) is 12.8. The minimum Gasteiger partial charge on any atom is -0.444 e. The Morgan fingerprint density at radius 3 is 2.80 bits per heavy atom. The summed E-state index contributed by atoms with van der Waals surface area (Å²) >= 11 is 1.44. The van der Waals surface area contributed by atoms with Crippen LogP contribution in [0.15, 0.2) is 17.5 Å². The molecule has 0 aliphatic carbocycles. The number of amides is 1. The third-order valence-corrected chi connectivity index (χ3v) is 4.09. The summed E-state index contributed by atoms with van der Waals surface area (Å²) < 4.78 is 5.34. The maximum atomic E-state index is 12.2. The number of aliphatic hydroxyl groups excluding tert-OH is 2. The maximum Gasteiger partial charge on any atom is 0.410 e. The lowest BCUT2D eigenvalue weighted by Crippen LogP contribution is -2.42. The summed E-state index contributed by atoms with van der Waals surface area (Å²) in [5, 5.41) is 22.1. The molecule has 0 radical (unpaired) electrons. The van der Waals surface area contributed by atoms with E-state index in [0.29, 0.717) is 6.42 Å². The Morgan fingerprint density at radius 2 is 2.25 bits per heavy atom. The average molecular weight is 299 g/mol. The molecule has 0 saturated carbocycles. The SMILES string of the molecule is CC(C)(C)OC(=O)N1C[C@H](O)C[C@@H]1[C@@H](O)c1cccs1. The zero-order valence-electron chi connectivity index (χ0n) is 11.9. The van der Waals surface area contributed by atoms with Gasteiger partial charge in [0.05, 0.1) is 18.7 Å². The van der Waals surface area contributed by atoms with E-state index in [1.807, 2.05) is 17.5 Å². The Morgan fingerprint density at radius 1 is 1.55 bits per heavy atom. The Balaban J connectivity index is 2.12. The minimum absolute atomic E-state index is 0.196. The number of likely N-dealkylation sites (tertiary alicyclic amines) is 1. The van der Waals surface area contributed by atoms with E-state index in [9.17, 15) is 15.0 Å². The summed E-state index contributed by atoms with van der Waals surface area (Å²) in [5.74, 6) is 0. The molecule has 1 aliphatic rings. The molecule has 1 aliphatic heterocycles. The highest BCUT2D eigenvalue weighted by molar-refractivity contribution is 7.10. The smallest absolute Gasteiger partial charge is 0.410 e. The molecule has 3 atom stereocenters. The molecule has 0 unspecified atom stereocenters. The summed E-state index contributed by atoms with van der Waals surface area (Å²) in [4.78, 5) is 14.4. The van der Waals surface area contributed by atoms with Gasteiger partial charge in [0.2, 0.25) is 0 Å². The van der Waals surface area contributed by atoms with Gasteiger partial charge in [-0.15, -0.1) is 11.3 Å². The molecule has 1 saturated heterocycles. The van der Waals surface area contributed by atoms with Crippen LogP contribution in [0.1, 0.15) is 38.2 Å². The maximum absolute atomic E-state index is 12.2. The molecular weight excluding hydrogens is 278 g/mol. The predicted molar refractivity (Wildman–Crippen MR) is 76.6 cm³/mol. The second-order valence-electron chi connectivity index (χ2n) is 6.05. The van der Waals surface area contributed by atoms with Crippen molar-refractivity contribution in [1.29, 1.82) is 0 Å². The summed E-state index contributed by atoms with van der Waals surface area (Å²) in [6.45, 7) is 5.58. The van der Waals surface area contributed by atoms with Crippen molar-refractivity contribution >= 4 is 17.4 Å². The Labute approximate surface area is 122 Å². The third kappa shape index (κ3) is 3.50. The number of carbonyl (C=O) groups is 1. The molecular formula is C14H21NO4S. The van der Waals surface area contributed by atoms with Crippen molar-refractivity contribution < 1.29 is 19.7 Å². The number of thiophene rings is 1. The molecule has 1 aromatic heterocycles. The molecule has 0 spiro atoms. The topological polar surface area (TPSA) is 70.0 Å². The first-order chi connectivity index (χ1) is 9.28. The van der Waals surface area contributed by atoms with Gasteiger partial charge in [-0.05, 0) is 38.6 Å². The highest BCUT2D eigenvalue weighted by Crippen LogP contribution is 2.32. The lowest BCUT2D eigenvalue weighted by atomic mass is 10.1. The molecule has 112 valence electrons. The van der Waals surface area contributed by atoms with Crippen LogP contribution in [-0.2, 0) is 4.74 Å². The van der Waals surface area contributed by atoms with E-state index in [1.54, 1.807) is 20.8 Å². The van der Waals surface area contributed by atoms with Crippen LogP contribution < -0.4 is 0 Å². The Hall–Kier alpha value is -1.11. The molecule has 5 nitrogen and oxygen atoms in total. The third-order valence-electron chi connectivity index (χ3n) is 3.15. The van der Waals surface area contributed by atoms with Crippen LogP contribution in [0.25, 0.3) is 0 Å². The average Bonchev–Trinajstić information content (AvgIpc) is 2.94. The molecule has 20 heavy (non-hydrogen) atoms. The number of aliphatic hydroxyl groups is 2. The van der Waals surface area contributed by atoms with Gasteiger partial charge in [-0.25, -0.2) is 4.79 Å². The van der Waals surface area contributed by atoms with Crippen LogP contribution in [0.3, 0.4) is 0 Å². The first kappa shape index (κ1) is 15.3. The van der Waals surface area contributed by atoms with Gasteiger partial charge in [0.1, 0.15) is 11.7 Å². The van der Waals surface area contributed by atoms with Crippen molar-refractivity contribution in [1.82, 2.24) is 4.90 Å². The summed E-state index contributed by atoms with van der Waals surface area (Å²) in [5.41, 5.74) is -0.594. The van der Waals surface area contributed by atoms with E-state index >= 15 is 0 Å². The van der Waals surface area contributed by atoms with Crippen molar-refractivity contribution in [2.24, 2.45) is 0 Å². The number of β-amino-alcohol motifs (C(OH)–C–C–N with tert-alkyl or cyclic N) is 1. The fourth-order valence-corrected chi connectivity index (χ4v) is 3.09. The number of rotatable bonds is 2. The van der Waals surface area contributed by atoms with Crippen LogP contribution >= 0.6 is 11.3 Å². The fourth-order valence-electron chi connectivity index (χ4n) is 2.32. The Bertz CT molecular complexity index is 454. The molecule has 0 bridgehead atoms. The second kappa shape index (κ2) is 5.71. The minimum atomic E-state index is -0.792. The van der Waals surface area contributed by atoms with Crippen LogP contribution in [0.4, 0.5) is 4.79 Å². The van der Waals surface area contributed by atoms with E-state index in [2.05, 4.69) is 0 Å². The highest BCUT2D eigenvalue weighted by Gasteiger charge is 2.41. The number of hydrogen-bond acceptors (Lipinski definition) is 5. The number of carbonyl (C=O) groups excluding carboxylic acids is 1. The summed E-state index contributed by atoms with van der Waals surface area (Å²) in [7, 11) is 0. The van der Waals surface area contributed by atoms with Gasteiger partial charge >= 0.3 is 6.09 Å². The lowest BCUT2D eigenvalue weighted by Gasteiger charge is -2.30. The van der Waals surface area contributed by atoms with E-state index in [4.69, 9.17) is 4.74 Å². The van der Waals surface area contributed by atoms with Crippen molar-refractivity contribution in [2.75, 3.05) is 6.54 Å². The Kier molecular flexibility index (Phi) is 4.36. The molecule has 1 amide bonds. The van der Waals surface area contributed by atoms with Crippen LogP contribution in [-0.4, -0.2) is 45.5 Å². The number of ether oxygens (including phenoxy) is 1. The molecule has 2 rings (SSSR count).